The molecule has 3 heteroatoms. The van der Waals surface area contributed by atoms with Crippen molar-refractivity contribution in [3.05, 3.63) is 90.0 Å². The Morgan fingerprint density at radius 3 is 2.55 bits per heavy atom. The lowest BCUT2D eigenvalue weighted by atomic mass is 9.84. The Morgan fingerprint density at radius 1 is 0.966 bits per heavy atom. The van der Waals surface area contributed by atoms with Crippen LogP contribution in [0.2, 0.25) is 0 Å². The van der Waals surface area contributed by atoms with Gasteiger partial charge in [0.2, 0.25) is 5.58 Å². The zero-order valence-electron chi connectivity index (χ0n) is 17.3. The number of allylic oxidation sites excluding steroid dienone is 3. The molecule has 0 N–H and O–H groups in total. The van der Waals surface area contributed by atoms with Crippen LogP contribution in [0.15, 0.2) is 82.9 Å². The zero-order chi connectivity index (χ0) is 20.2. The van der Waals surface area contributed by atoms with E-state index in [2.05, 4.69) is 116 Å². The number of aromatic nitrogens is 1. The number of rotatable bonds is 2. The minimum absolute atomic E-state index is 0.0258. The summed E-state index contributed by atoms with van der Waals surface area (Å²) in [6.45, 7) is 4.56. The highest BCUT2D eigenvalue weighted by Crippen LogP contribution is 2.46. The van der Waals surface area contributed by atoms with E-state index in [1.54, 1.807) is 0 Å². The molecule has 0 spiro atoms. The average molecular weight is 381 g/mol. The maximum atomic E-state index is 6.15. The number of nitrogens with zero attached hydrogens (tertiary/aromatic N) is 2. The van der Waals surface area contributed by atoms with Crippen LogP contribution in [-0.4, -0.2) is 7.05 Å². The van der Waals surface area contributed by atoms with Gasteiger partial charge in [0.15, 0.2) is 0 Å². The largest absolute Gasteiger partial charge is 0.398 e. The van der Waals surface area contributed by atoms with Crippen molar-refractivity contribution in [2.45, 2.75) is 19.3 Å². The molecule has 1 aliphatic heterocycles. The van der Waals surface area contributed by atoms with Crippen molar-refractivity contribution >= 4 is 33.6 Å². The first-order valence-corrected chi connectivity index (χ1v) is 10.0. The number of para-hydroxylation sites is 1. The van der Waals surface area contributed by atoms with E-state index in [1.807, 2.05) is 0 Å². The molecule has 2 heterocycles. The Bertz CT molecular complexity index is 1310. The van der Waals surface area contributed by atoms with E-state index < -0.39 is 0 Å². The van der Waals surface area contributed by atoms with E-state index in [4.69, 9.17) is 4.42 Å². The van der Waals surface area contributed by atoms with Crippen LogP contribution in [0.4, 0.5) is 5.69 Å². The Balaban J connectivity index is 1.55. The number of likely N-dealkylation sites (N-methyl/N-ethyl adjacent to an activating group) is 1. The highest BCUT2D eigenvalue weighted by atomic mass is 16.3. The van der Waals surface area contributed by atoms with Crippen molar-refractivity contribution in [1.29, 1.82) is 0 Å². The smallest absolute Gasteiger partial charge is 0.373 e. The second-order valence-corrected chi connectivity index (χ2v) is 8.24. The van der Waals surface area contributed by atoms with Gasteiger partial charge in [-0.2, -0.15) is 4.57 Å². The van der Waals surface area contributed by atoms with Gasteiger partial charge < -0.3 is 9.32 Å². The second kappa shape index (κ2) is 6.35. The Kier molecular flexibility index (Phi) is 3.88. The molecule has 1 aliphatic rings. The SMILES string of the molecule is CN1C(=CC=Cc2oc3ccc4ccccc4c3[n+]2C)C(C)(C)c2ccccc21. The van der Waals surface area contributed by atoms with E-state index in [0.29, 0.717) is 0 Å². The summed E-state index contributed by atoms with van der Waals surface area (Å²) in [5.74, 6) is 0.837. The summed E-state index contributed by atoms with van der Waals surface area (Å²) in [6, 6.07) is 21.2. The van der Waals surface area contributed by atoms with Crippen molar-refractivity contribution in [2.24, 2.45) is 7.05 Å². The predicted molar refractivity (Wildman–Crippen MR) is 120 cm³/mol. The molecule has 144 valence electrons. The van der Waals surface area contributed by atoms with E-state index >= 15 is 0 Å². The Labute approximate surface area is 171 Å². The summed E-state index contributed by atoms with van der Waals surface area (Å²) in [5.41, 5.74) is 5.92. The van der Waals surface area contributed by atoms with Crippen LogP contribution in [0.3, 0.4) is 0 Å². The first-order valence-electron chi connectivity index (χ1n) is 10.0. The molecule has 3 aromatic carbocycles. The van der Waals surface area contributed by atoms with Gasteiger partial charge in [0.1, 0.15) is 7.05 Å². The minimum Gasteiger partial charge on any atom is -0.398 e. The standard InChI is InChI=1S/C26H25N2O/c1-26(2)20-12-7-8-13-21(20)27(3)23(26)14-9-15-24-28(4)25-19-11-6-5-10-18(19)16-17-22(25)29-24/h5-17H,1-4H3/q+1. The van der Waals surface area contributed by atoms with E-state index in [1.165, 1.54) is 27.7 Å². The third-order valence-electron chi connectivity index (χ3n) is 6.18. The van der Waals surface area contributed by atoms with Gasteiger partial charge in [0.25, 0.3) is 5.52 Å². The summed E-state index contributed by atoms with van der Waals surface area (Å²) in [7, 11) is 4.20. The van der Waals surface area contributed by atoms with E-state index in [-0.39, 0.29) is 5.41 Å². The van der Waals surface area contributed by atoms with Gasteiger partial charge in [-0.1, -0.05) is 62.4 Å². The van der Waals surface area contributed by atoms with Crippen LogP contribution in [0, 0.1) is 0 Å². The predicted octanol–water partition coefficient (Wildman–Crippen LogP) is 5.74. The molecule has 0 saturated carbocycles. The van der Waals surface area contributed by atoms with Crippen molar-refractivity contribution in [2.75, 3.05) is 11.9 Å². The third-order valence-corrected chi connectivity index (χ3v) is 6.18. The zero-order valence-corrected chi connectivity index (χ0v) is 17.3. The molecule has 0 aliphatic carbocycles. The van der Waals surface area contributed by atoms with Crippen LogP contribution in [0.1, 0.15) is 25.3 Å². The average Bonchev–Trinajstić information content (AvgIpc) is 3.15. The van der Waals surface area contributed by atoms with Crippen LogP contribution < -0.4 is 9.47 Å². The minimum atomic E-state index is -0.0258. The summed E-state index contributed by atoms with van der Waals surface area (Å²) in [4.78, 5) is 2.28. The molecular weight excluding hydrogens is 356 g/mol. The lowest BCUT2D eigenvalue weighted by molar-refractivity contribution is -0.651. The summed E-state index contributed by atoms with van der Waals surface area (Å²) < 4.78 is 8.28. The van der Waals surface area contributed by atoms with Crippen LogP contribution in [-0.2, 0) is 12.5 Å². The first-order chi connectivity index (χ1) is 14.0. The van der Waals surface area contributed by atoms with Crippen molar-refractivity contribution < 1.29 is 8.98 Å². The molecular formula is C26H25N2O+. The maximum Gasteiger partial charge on any atom is 0.373 e. The summed E-state index contributed by atoms with van der Waals surface area (Å²) >= 11 is 0. The van der Waals surface area contributed by atoms with Crippen LogP contribution in [0.25, 0.3) is 27.9 Å². The topological polar surface area (TPSA) is 20.3 Å². The first kappa shape index (κ1) is 17.7. The van der Waals surface area contributed by atoms with Gasteiger partial charge >= 0.3 is 5.89 Å². The van der Waals surface area contributed by atoms with E-state index in [0.717, 1.165) is 17.0 Å². The highest BCUT2D eigenvalue weighted by molar-refractivity contribution is 6.01. The molecule has 29 heavy (non-hydrogen) atoms. The molecule has 4 aromatic rings. The van der Waals surface area contributed by atoms with Gasteiger partial charge in [0, 0.05) is 23.8 Å². The van der Waals surface area contributed by atoms with Gasteiger partial charge in [-0.05, 0) is 35.2 Å². The van der Waals surface area contributed by atoms with Gasteiger partial charge in [-0.3, -0.25) is 0 Å². The molecule has 1 aromatic heterocycles. The Morgan fingerprint density at radius 2 is 1.72 bits per heavy atom. The fraction of sp³-hybridized carbons (Fsp3) is 0.192. The molecule has 0 atom stereocenters. The number of fused-ring (bicyclic) bond motifs is 4. The Hall–Kier alpha value is -3.33. The summed E-state index contributed by atoms with van der Waals surface area (Å²) in [6.07, 6.45) is 6.35. The van der Waals surface area contributed by atoms with Crippen molar-refractivity contribution in [1.82, 2.24) is 0 Å². The molecule has 0 bridgehead atoms. The fourth-order valence-electron chi connectivity index (χ4n) is 4.62. The normalized spacial score (nSPS) is 17.1. The number of hydrogen-bond acceptors (Lipinski definition) is 2. The highest BCUT2D eigenvalue weighted by Gasteiger charge is 2.37. The molecule has 3 nitrogen and oxygen atoms in total. The summed E-state index contributed by atoms with van der Waals surface area (Å²) in [5, 5.41) is 2.43. The molecule has 5 rings (SSSR count). The second-order valence-electron chi connectivity index (χ2n) is 8.24. The molecule has 0 fully saturated rings. The van der Waals surface area contributed by atoms with E-state index in [9.17, 15) is 0 Å². The van der Waals surface area contributed by atoms with Crippen LogP contribution >= 0.6 is 0 Å². The molecule has 0 unspecified atom stereocenters. The lowest BCUT2D eigenvalue weighted by Gasteiger charge is -2.23. The number of oxazole rings is 1. The third kappa shape index (κ3) is 2.61. The van der Waals surface area contributed by atoms with Crippen molar-refractivity contribution in [3.63, 3.8) is 0 Å². The van der Waals surface area contributed by atoms with Gasteiger partial charge in [-0.15, -0.1) is 0 Å². The number of hydrogen-bond donors (Lipinski definition) is 0. The van der Waals surface area contributed by atoms with Crippen LogP contribution in [0.5, 0.6) is 0 Å². The number of benzene rings is 3. The number of aryl methyl sites for hydroxylation is 1. The quantitative estimate of drug-likeness (QED) is 0.413. The van der Waals surface area contributed by atoms with Crippen molar-refractivity contribution in [3.8, 4) is 0 Å². The number of anilines is 1. The molecule has 0 amide bonds. The fourth-order valence-corrected chi connectivity index (χ4v) is 4.62. The molecule has 0 saturated heterocycles. The van der Waals surface area contributed by atoms with Gasteiger partial charge in [0.05, 0.1) is 11.5 Å². The van der Waals surface area contributed by atoms with Gasteiger partial charge in [-0.25, -0.2) is 0 Å². The maximum absolute atomic E-state index is 6.15. The monoisotopic (exact) mass is 381 g/mol. The lowest BCUT2D eigenvalue weighted by Crippen LogP contribution is -2.29. The molecule has 0 radical (unpaired) electrons.